The minimum Gasteiger partial charge on any atom is -0.378 e. The number of aromatic nitrogens is 2. The Morgan fingerprint density at radius 2 is 1.90 bits per heavy atom. The third kappa shape index (κ3) is 4.39. The number of likely N-dealkylation sites (N-methyl/N-ethyl adjacent to an activating group) is 1. The van der Waals surface area contributed by atoms with Crippen molar-refractivity contribution >= 4 is 28.3 Å². The van der Waals surface area contributed by atoms with Crippen LogP contribution in [-0.2, 0) is 16.1 Å². The molecule has 8 heteroatoms. The number of aromatic amines is 2. The van der Waals surface area contributed by atoms with Crippen molar-refractivity contribution < 1.29 is 9.53 Å². The molecular weight excluding hydrogens is 382 g/mol. The number of carbonyl (C=O) groups excluding carboxylic acids is 1. The highest BCUT2D eigenvalue weighted by atomic mass is 16.5. The fraction of sp³-hybridized carbons (Fsp3) is 0.364. The molecule has 0 unspecified atom stereocenters. The summed E-state index contributed by atoms with van der Waals surface area (Å²) in [6.07, 6.45) is 0. The van der Waals surface area contributed by atoms with Crippen LogP contribution in [0.1, 0.15) is 12.5 Å². The Morgan fingerprint density at radius 1 is 1.17 bits per heavy atom. The number of nitrogens with one attached hydrogen (secondary N) is 3. The van der Waals surface area contributed by atoms with E-state index in [4.69, 9.17) is 4.74 Å². The van der Waals surface area contributed by atoms with Crippen molar-refractivity contribution in [2.24, 2.45) is 0 Å². The summed E-state index contributed by atoms with van der Waals surface area (Å²) in [5.41, 5.74) is 4.15. The molecule has 1 aliphatic heterocycles. The number of imidazole rings is 1. The number of rotatable bonds is 6. The molecule has 1 aliphatic rings. The second-order valence-corrected chi connectivity index (χ2v) is 7.65. The van der Waals surface area contributed by atoms with Crippen molar-refractivity contribution in [1.29, 1.82) is 0 Å². The molecule has 0 aliphatic carbocycles. The van der Waals surface area contributed by atoms with Crippen molar-refractivity contribution in [3.63, 3.8) is 0 Å². The van der Waals surface area contributed by atoms with Gasteiger partial charge in [0.15, 0.2) is 0 Å². The smallest absolute Gasteiger partial charge is 0.323 e. The highest BCUT2D eigenvalue weighted by molar-refractivity contribution is 5.96. The highest BCUT2D eigenvalue weighted by Gasteiger charge is 2.21. The summed E-state index contributed by atoms with van der Waals surface area (Å²) in [5.74, 6) is -0.0985. The summed E-state index contributed by atoms with van der Waals surface area (Å²) < 4.78 is 5.47. The first kappa shape index (κ1) is 20.2. The molecule has 2 heterocycles. The summed E-state index contributed by atoms with van der Waals surface area (Å²) in [6.45, 7) is 5.77. The van der Waals surface area contributed by atoms with Gasteiger partial charge >= 0.3 is 5.69 Å². The van der Waals surface area contributed by atoms with E-state index in [-0.39, 0.29) is 17.6 Å². The van der Waals surface area contributed by atoms with Crippen LogP contribution in [0.25, 0.3) is 11.0 Å². The standard InChI is InChI=1S/C22H27N5O3/c1-15(21(28)23-17-7-8-18-19(13-17)25-22(29)24-18)26(2)14-16-5-3-4-6-20(16)27-9-11-30-12-10-27/h3-8,13,15H,9-12,14H2,1-2H3,(H,23,28)(H2,24,25,29)/t15-/m0/s1. The van der Waals surface area contributed by atoms with E-state index in [1.54, 1.807) is 18.2 Å². The first-order valence-electron chi connectivity index (χ1n) is 10.1. The average molecular weight is 409 g/mol. The van der Waals surface area contributed by atoms with Crippen LogP contribution < -0.4 is 15.9 Å². The number of benzene rings is 2. The largest absolute Gasteiger partial charge is 0.378 e. The molecule has 2 aromatic carbocycles. The van der Waals surface area contributed by atoms with Gasteiger partial charge in [0.1, 0.15) is 0 Å². The van der Waals surface area contributed by atoms with Crippen molar-refractivity contribution in [2.75, 3.05) is 43.6 Å². The van der Waals surface area contributed by atoms with Gasteiger partial charge in [0.05, 0.1) is 30.3 Å². The lowest BCUT2D eigenvalue weighted by Crippen LogP contribution is -2.40. The molecule has 1 saturated heterocycles. The topological polar surface area (TPSA) is 93.5 Å². The van der Waals surface area contributed by atoms with Crippen molar-refractivity contribution in [3.8, 4) is 0 Å². The Kier molecular flexibility index (Phi) is 5.87. The number of ether oxygens (including phenoxy) is 1. The van der Waals surface area contributed by atoms with E-state index in [1.807, 2.05) is 31.0 Å². The SMILES string of the molecule is C[C@@H](C(=O)Nc1ccc2[nH]c(=O)[nH]c2c1)N(C)Cc1ccccc1N1CCOCC1. The highest BCUT2D eigenvalue weighted by Crippen LogP contribution is 2.23. The van der Waals surface area contributed by atoms with Gasteiger partial charge in [0, 0.05) is 31.0 Å². The second-order valence-electron chi connectivity index (χ2n) is 7.65. The molecule has 0 spiro atoms. The van der Waals surface area contributed by atoms with Gasteiger partial charge in [-0.15, -0.1) is 0 Å². The van der Waals surface area contributed by atoms with E-state index >= 15 is 0 Å². The Labute approximate surface area is 174 Å². The molecule has 1 amide bonds. The Balaban J connectivity index is 1.43. The summed E-state index contributed by atoms with van der Waals surface area (Å²) >= 11 is 0. The van der Waals surface area contributed by atoms with Crippen LogP contribution in [0.15, 0.2) is 47.3 Å². The van der Waals surface area contributed by atoms with E-state index in [2.05, 4.69) is 32.3 Å². The lowest BCUT2D eigenvalue weighted by atomic mass is 10.1. The van der Waals surface area contributed by atoms with Crippen molar-refractivity contribution in [2.45, 2.75) is 19.5 Å². The van der Waals surface area contributed by atoms with Gasteiger partial charge in [0.2, 0.25) is 5.91 Å². The molecule has 3 N–H and O–H groups in total. The molecule has 3 aromatic rings. The number of carbonyl (C=O) groups is 1. The molecule has 0 saturated carbocycles. The van der Waals surface area contributed by atoms with E-state index < -0.39 is 0 Å². The Bertz CT molecular complexity index is 1080. The maximum Gasteiger partial charge on any atom is 0.323 e. The predicted octanol–water partition coefficient (Wildman–Crippen LogP) is 2.15. The van der Waals surface area contributed by atoms with E-state index in [0.29, 0.717) is 23.3 Å². The summed E-state index contributed by atoms with van der Waals surface area (Å²) in [7, 11) is 1.95. The maximum atomic E-state index is 12.8. The Morgan fingerprint density at radius 3 is 2.70 bits per heavy atom. The molecule has 8 nitrogen and oxygen atoms in total. The molecule has 30 heavy (non-hydrogen) atoms. The third-order valence-corrected chi connectivity index (χ3v) is 5.59. The number of amides is 1. The summed E-state index contributed by atoms with van der Waals surface area (Å²) in [6, 6.07) is 13.3. The zero-order valence-electron chi connectivity index (χ0n) is 17.3. The van der Waals surface area contributed by atoms with Gasteiger partial charge in [-0.25, -0.2) is 4.79 Å². The van der Waals surface area contributed by atoms with Crippen LogP contribution in [0.2, 0.25) is 0 Å². The first-order valence-corrected chi connectivity index (χ1v) is 10.1. The summed E-state index contributed by atoms with van der Waals surface area (Å²) in [4.78, 5) is 34.0. The first-order chi connectivity index (χ1) is 14.5. The van der Waals surface area contributed by atoms with Gasteiger partial charge in [-0.1, -0.05) is 18.2 Å². The quantitative estimate of drug-likeness (QED) is 0.580. The average Bonchev–Trinajstić information content (AvgIpc) is 3.13. The van der Waals surface area contributed by atoms with Crippen LogP contribution in [0.4, 0.5) is 11.4 Å². The van der Waals surface area contributed by atoms with E-state index in [9.17, 15) is 9.59 Å². The number of fused-ring (bicyclic) bond motifs is 1. The van der Waals surface area contributed by atoms with Crippen LogP contribution in [0.3, 0.4) is 0 Å². The van der Waals surface area contributed by atoms with Gasteiger partial charge in [-0.05, 0) is 43.8 Å². The van der Waals surface area contributed by atoms with Gasteiger partial charge < -0.3 is 24.9 Å². The number of morpholine rings is 1. The van der Waals surface area contributed by atoms with Crippen LogP contribution >= 0.6 is 0 Å². The third-order valence-electron chi connectivity index (χ3n) is 5.59. The molecule has 0 bridgehead atoms. The monoisotopic (exact) mass is 409 g/mol. The summed E-state index contributed by atoms with van der Waals surface area (Å²) in [5, 5.41) is 2.94. The lowest BCUT2D eigenvalue weighted by Gasteiger charge is -2.32. The number of para-hydroxylation sites is 1. The molecule has 158 valence electrons. The zero-order chi connectivity index (χ0) is 21.1. The molecule has 1 atom stereocenters. The predicted molar refractivity (Wildman–Crippen MR) is 118 cm³/mol. The second kappa shape index (κ2) is 8.73. The normalized spacial score (nSPS) is 15.5. The number of anilines is 2. The molecule has 4 rings (SSSR count). The van der Waals surface area contributed by atoms with Gasteiger partial charge in [-0.2, -0.15) is 0 Å². The van der Waals surface area contributed by atoms with Crippen LogP contribution in [-0.4, -0.2) is 60.2 Å². The molecule has 1 fully saturated rings. The fourth-order valence-corrected chi connectivity index (χ4v) is 3.72. The van der Waals surface area contributed by atoms with Gasteiger partial charge in [0.25, 0.3) is 0 Å². The minimum absolute atomic E-state index is 0.0985. The number of nitrogens with zero attached hydrogens (tertiary/aromatic N) is 2. The number of H-pyrrole nitrogens is 2. The molecule has 1 aromatic heterocycles. The van der Waals surface area contributed by atoms with E-state index in [1.165, 1.54) is 11.3 Å². The van der Waals surface area contributed by atoms with Crippen LogP contribution in [0, 0.1) is 0 Å². The number of hydrogen-bond donors (Lipinski definition) is 3. The fourth-order valence-electron chi connectivity index (χ4n) is 3.72. The minimum atomic E-state index is -0.330. The van der Waals surface area contributed by atoms with Crippen molar-refractivity contribution in [1.82, 2.24) is 14.9 Å². The lowest BCUT2D eigenvalue weighted by molar-refractivity contribution is -0.120. The van der Waals surface area contributed by atoms with Gasteiger partial charge in [-0.3, -0.25) is 9.69 Å². The maximum absolute atomic E-state index is 12.8. The number of hydrogen-bond acceptors (Lipinski definition) is 5. The van der Waals surface area contributed by atoms with Crippen molar-refractivity contribution in [3.05, 3.63) is 58.5 Å². The zero-order valence-corrected chi connectivity index (χ0v) is 17.3. The Hall–Kier alpha value is -3.10. The van der Waals surface area contributed by atoms with Crippen LogP contribution in [0.5, 0.6) is 0 Å². The van der Waals surface area contributed by atoms with E-state index in [0.717, 1.165) is 26.3 Å². The molecule has 0 radical (unpaired) electrons. The molecular formula is C22H27N5O3.